The van der Waals surface area contributed by atoms with Crippen molar-refractivity contribution in [2.24, 2.45) is 5.92 Å². The van der Waals surface area contributed by atoms with Crippen LogP contribution in [-0.4, -0.2) is 18.6 Å². The Bertz CT molecular complexity index is 421. The van der Waals surface area contributed by atoms with Gasteiger partial charge in [0.2, 0.25) is 0 Å². The highest BCUT2D eigenvalue weighted by Crippen LogP contribution is 2.31. The summed E-state index contributed by atoms with van der Waals surface area (Å²) in [6.07, 6.45) is -0.611. The Morgan fingerprint density at radius 3 is 2.61 bits per heavy atom. The highest BCUT2D eigenvalue weighted by molar-refractivity contribution is 6.42. The average Bonchev–Trinajstić information content (AvgIpc) is 2.31. The van der Waals surface area contributed by atoms with Gasteiger partial charge in [-0.15, -0.1) is 0 Å². The van der Waals surface area contributed by atoms with Crippen LogP contribution in [0.4, 0.5) is 0 Å². The molecule has 0 aliphatic rings. The maximum atomic E-state index is 11.7. The van der Waals surface area contributed by atoms with Gasteiger partial charge in [-0.05, 0) is 25.0 Å². The summed E-state index contributed by atoms with van der Waals surface area (Å²) in [6, 6.07) is 5.07. The highest BCUT2D eigenvalue weighted by atomic mass is 35.5. The van der Waals surface area contributed by atoms with Crippen LogP contribution in [0.5, 0.6) is 5.75 Å². The van der Waals surface area contributed by atoms with E-state index in [1.54, 1.807) is 25.1 Å². The molecule has 0 saturated heterocycles. The number of carbonyl (C=O) groups excluding carboxylic acids is 1. The van der Waals surface area contributed by atoms with Crippen LogP contribution in [0.3, 0.4) is 0 Å². The number of hydrogen-bond donors (Lipinski definition) is 1. The highest BCUT2D eigenvalue weighted by Gasteiger charge is 2.16. The maximum Gasteiger partial charge on any atom is 0.260 e. The molecule has 1 aromatic carbocycles. The van der Waals surface area contributed by atoms with E-state index >= 15 is 0 Å². The number of hydrogen-bond acceptors (Lipinski definition) is 2. The van der Waals surface area contributed by atoms with Crippen LogP contribution < -0.4 is 10.1 Å². The monoisotopic (exact) mass is 289 g/mol. The Kier molecular flexibility index (Phi) is 5.76. The van der Waals surface area contributed by atoms with E-state index in [1.807, 2.05) is 13.8 Å². The summed E-state index contributed by atoms with van der Waals surface area (Å²) in [5.41, 5.74) is 0. The zero-order chi connectivity index (χ0) is 13.7. The van der Waals surface area contributed by atoms with Gasteiger partial charge >= 0.3 is 0 Å². The van der Waals surface area contributed by atoms with Crippen molar-refractivity contribution in [3.05, 3.63) is 28.2 Å². The Labute approximate surface area is 117 Å². The summed E-state index contributed by atoms with van der Waals surface area (Å²) < 4.78 is 5.49. The number of carbonyl (C=O) groups is 1. The average molecular weight is 290 g/mol. The molecule has 1 rings (SSSR count). The van der Waals surface area contributed by atoms with Crippen molar-refractivity contribution >= 4 is 29.1 Å². The number of benzene rings is 1. The van der Waals surface area contributed by atoms with Crippen molar-refractivity contribution in [3.8, 4) is 5.75 Å². The second-order valence-corrected chi connectivity index (χ2v) is 5.24. The molecular formula is C13H17Cl2NO2. The minimum Gasteiger partial charge on any atom is -0.479 e. The lowest BCUT2D eigenvalue weighted by Crippen LogP contribution is -2.38. The van der Waals surface area contributed by atoms with Crippen molar-refractivity contribution in [2.75, 3.05) is 6.54 Å². The van der Waals surface area contributed by atoms with Crippen LogP contribution >= 0.6 is 23.2 Å². The molecule has 0 heterocycles. The predicted molar refractivity (Wildman–Crippen MR) is 74.4 cm³/mol. The molecule has 0 bridgehead atoms. The lowest BCUT2D eigenvalue weighted by atomic mass is 10.2. The molecule has 0 saturated carbocycles. The summed E-state index contributed by atoms with van der Waals surface area (Å²) in [4.78, 5) is 11.7. The number of rotatable bonds is 5. The second-order valence-electron chi connectivity index (χ2n) is 4.45. The van der Waals surface area contributed by atoms with E-state index in [1.165, 1.54) is 0 Å². The Hall–Kier alpha value is -0.930. The molecule has 1 aromatic rings. The molecule has 100 valence electrons. The summed E-state index contributed by atoms with van der Waals surface area (Å²) >= 11 is 11.8. The maximum absolute atomic E-state index is 11.7. The number of halogens is 2. The topological polar surface area (TPSA) is 38.3 Å². The van der Waals surface area contributed by atoms with Crippen LogP contribution in [-0.2, 0) is 4.79 Å². The van der Waals surface area contributed by atoms with Crippen LogP contribution in [0.15, 0.2) is 18.2 Å². The van der Waals surface area contributed by atoms with Gasteiger partial charge in [0.1, 0.15) is 10.8 Å². The standard InChI is InChI=1S/C13H17Cl2NO2/c1-8(2)7-16-13(17)9(3)18-11-6-4-5-10(14)12(11)15/h4-6,8-9H,7H2,1-3H3,(H,16,17). The Morgan fingerprint density at radius 1 is 1.33 bits per heavy atom. The third-order valence-electron chi connectivity index (χ3n) is 2.27. The summed E-state index contributed by atoms with van der Waals surface area (Å²) in [7, 11) is 0. The van der Waals surface area contributed by atoms with Gasteiger partial charge in [0, 0.05) is 6.54 Å². The lowest BCUT2D eigenvalue weighted by Gasteiger charge is -2.16. The lowest BCUT2D eigenvalue weighted by molar-refractivity contribution is -0.127. The normalized spacial score (nSPS) is 12.3. The van der Waals surface area contributed by atoms with Crippen molar-refractivity contribution in [1.82, 2.24) is 5.32 Å². The SMILES string of the molecule is CC(C)CNC(=O)C(C)Oc1cccc(Cl)c1Cl. The molecule has 0 aliphatic carbocycles. The van der Waals surface area contributed by atoms with E-state index in [2.05, 4.69) is 5.32 Å². The predicted octanol–water partition coefficient (Wildman–Crippen LogP) is 3.53. The van der Waals surface area contributed by atoms with Gasteiger partial charge in [-0.25, -0.2) is 0 Å². The third kappa shape index (κ3) is 4.39. The van der Waals surface area contributed by atoms with Gasteiger partial charge in [0.25, 0.3) is 5.91 Å². The van der Waals surface area contributed by atoms with Gasteiger partial charge in [0.05, 0.1) is 5.02 Å². The quantitative estimate of drug-likeness (QED) is 0.900. The Balaban J connectivity index is 2.61. The molecule has 0 radical (unpaired) electrons. The minimum atomic E-state index is -0.611. The van der Waals surface area contributed by atoms with Crippen molar-refractivity contribution < 1.29 is 9.53 Å². The second kappa shape index (κ2) is 6.86. The summed E-state index contributed by atoms with van der Waals surface area (Å²) in [5, 5.41) is 3.52. The molecule has 0 aliphatic heterocycles. The molecule has 1 amide bonds. The third-order valence-corrected chi connectivity index (χ3v) is 3.08. The fraction of sp³-hybridized carbons (Fsp3) is 0.462. The molecular weight excluding hydrogens is 273 g/mol. The van der Waals surface area contributed by atoms with Crippen LogP contribution in [0.2, 0.25) is 10.0 Å². The van der Waals surface area contributed by atoms with E-state index in [4.69, 9.17) is 27.9 Å². The summed E-state index contributed by atoms with van der Waals surface area (Å²) in [5.74, 6) is 0.645. The first kappa shape index (κ1) is 15.1. The first-order valence-electron chi connectivity index (χ1n) is 5.80. The van der Waals surface area contributed by atoms with Crippen molar-refractivity contribution in [3.63, 3.8) is 0 Å². The number of amides is 1. The number of nitrogens with one attached hydrogen (secondary N) is 1. The van der Waals surface area contributed by atoms with Gasteiger partial charge in [-0.2, -0.15) is 0 Å². The van der Waals surface area contributed by atoms with E-state index in [0.717, 1.165) is 0 Å². The van der Waals surface area contributed by atoms with E-state index in [9.17, 15) is 4.79 Å². The van der Waals surface area contributed by atoms with Crippen LogP contribution in [0, 0.1) is 5.92 Å². The van der Waals surface area contributed by atoms with E-state index in [0.29, 0.717) is 28.3 Å². The molecule has 1 unspecified atom stereocenters. The molecule has 5 heteroatoms. The summed E-state index contributed by atoms with van der Waals surface area (Å²) in [6.45, 7) is 6.35. The molecule has 0 fully saturated rings. The zero-order valence-electron chi connectivity index (χ0n) is 10.7. The molecule has 0 aromatic heterocycles. The molecule has 1 atom stereocenters. The first-order valence-corrected chi connectivity index (χ1v) is 6.55. The molecule has 0 spiro atoms. The molecule has 18 heavy (non-hydrogen) atoms. The number of ether oxygens (including phenoxy) is 1. The van der Waals surface area contributed by atoms with E-state index in [-0.39, 0.29) is 5.91 Å². The first-order chi connectivity index (χ1) is 8.41. The molecule has 1 N–H and O–H groups in total. The minimum absolute atomic E-state index is 0.167. The van der Waals surface area contributed by atoms with Crippen molar-refractivity contribution in [2.45, 2.75) is 26.9 Å². The van der Waals surface area contributed by atoms with Gasteiger partial charge in [-0.3, -0.25) is 4.79 Å². The Morgan fingerprint density at radius 2 is 2.00 bits per heavy atom. The largest absolute Gasteiger partial charge is 0.479 e. The van der Waals surface area contributed by atoms with Crippen LogP contribution in [0.1, 0.15) is 20.8 Å². The van der Waals surface area contributed by atoms with E-state index < -0.39 is 6.10 Å². The zero-order valence-corrected chi connectivity index (χ0v) is 12.2. The van der Waals surface area contributed by atoms with Crippen LogP contribution in [0.25, 0.3) is 0 Å². The van der Waals surface area contributed by atoms with Crippen molar-refractivity contribution in [1.29, 1.82) is 0 Å². The molecule has 3 nitrogen and oxygen atoms in total. The smallest absolute Gasteiger partial charge is 0.260 e. The fourth-order valence-electron chi connectivity index (χ4n) is 1.27. The fourth-order valence-corrected chi connectivity index (χ4v) is 1.60. The van der Waals surface area contributed by atoms with Gasteiger partial charge in [0.15, 0.2) is 6.10 Å². The van der Waals surface area contributed by atoms with Gasteiger partial charge < -0.3 is 10.1 Å². The van der Waals surface area contributed by atoms with Gasteiger partial charge in [-0.1, -0.05) is 43.1 Å².